The van der Waals surface area contributed by atoms with E-state index in [9.17, 15) is 60.3 Å². The van der Waals surface area contributed by atoms with Crippen molar-refractivity contribution >= 4 is 76.4 Å². The zero-order chi connectivity index (χ0) is 89.5. The zero-order valence-corrected chi connectivity index (χ0v) is 70.8. The fourth-order valence-electron chi connectivity index (χ4n) is 18.8. The Bertz CT molecular complexity index is 5080. The second-order valence-corrected chi connectivity index (χ2v) is 35.4. The van der Waals surface area contributed by atoms with Gasteiger partial charge in [-0.25, -0.2) is 0 Å². The van der Waals surface area contributed by atoms with Gasteiger partial charge in [-0.3, -0.25) is 48.5 Å². The van der Waals surface area contributed by atoms with Crippen LogP contribution in [0.3, 0.4) is 0 Å². The van der Waals surface area contributed by atoms with E-state index in [1.165, 1.54) is 38.2 Å². The number of aliphatic hydroxyl groups is 6. The van der Waals surface area contributed by atoms with Crippen molar-refractivity contribution in [1.29, 1.82) is 0 Å². The van der Waals surface area contributed by atoms with Crippen molar-refractivity contribution in [3.8, 4) is 62.9 Å². The summed E-state index contributed by atoms with van der Waals surface area (Å²) >= 11 is 14.6. The smallest absolute Gasteiger partial charge is 0.248 e. The predicted octanol–water partition coefficient (Wildman–Crippen LogP) is 3.62. The van der Waals surface area contributed by atoms with E-state index in [0.717, 1.165) is 86.7 Å². The number of benzene rings is 6. The van der Waals surface area contributed by atoms with Gasteiger partial charge in [0.15, 0.2) is 17.8 Å². The summed E-state index contributed by atoms with van der Waals surface area (Å²) in [7, 11) is 3.23. The molecule has 5 saturated carbocycles. The lowest BCUT2D eigenvalue weighted by atomic mass is 9.54. The zero-order valence-electron chi connectivity index (χ0n) is 69.3. The van der Waals surface area contributed by atoms with Crippen LogP contribution in [0.1, 0.15) is 149 Å². The number of carbonyl (C=O) groups is 9. The number of imide groups is 1. The molecular formula is C88H105Cl2N11O24. The monoisotopic (exact) mass is 1770 g/mol. The maximum absolute atomic E-state index is 16.7. The first-order valence-corrected chi connectivity index (χ1v) is 42.6. The Morgan fingerprint density at radius 1 is 0.656 bits per heavy atom. The summed E-state index contributed by atoms with van der Waals surface area (Å²) in [5.41, 5.74) is 3.52. The first-order valence-electron chi connectivity index (χ1n) is 41.8. The van der Waals surface area contributed by atoms with E-state index in [1.54, 1.807) is 38.2 Å². The number of likely N-dealkylation sites (N-methyl/N-ethyl adjacent to an activating group) is 2. The van der Waals surface area contributed by atoms with E-state index in [0.29, 0.717) is 36.3 Å². The quantitative estimate of drug-likeness (QED) is 0.0485. The molecule has 6 fully saturated rings. The van der Waals surface area contributed by atoms with Gasteiger partial charge in [0.2, 0.25) is 58.9 Å². The fraction of sp³-hybridized carbons (Fsp3) is 0.489. The average Bonchev–Trinajstić information content (AvgIpc) is 0.757. The molecule has 37 heteroatoms. The summed E-state index contributed by atoms with van der Waals surface area (Å²) in [5, 5.41) is 134. The molecule has 6 aromatic rings. The number of hydrogen-bond donors (Lipinski definition) is 20. The molecule has 6 heterocycles. The van der Waals surface area contributed by atoms with Crippen LogP contribution in [0.4, 0.5) is 0 Å². The van der Waals surface area contributed by atoms with Crippen molar-refractivity contribution in [2.24, 2.45) is 41.2 Å². The second-order valence-electron chi connectivity index (χ2n) is 34.6. The molecule has 17 rings (SSSR count). The normalized spacial score (nSPS) is 30.3. The minimum Gasteiger partial charge on any atom is -0.508 e. The minimum absolute atomic E-state index is 0.0601. The van der Waals surface area contributed by atoms with E-state index in [-0.39, 0.29) is 98.0 Å². The third-order valence-corrected chi connectivity index (χ3v) is 25.6. The Balaban J connectivity index is 0.955. The number of hydrogen-bond acceptors (Lipinski definition) is 27. The maximum atomic E-state index is 16.7. The Kier molecular flexibility index (Phi) is 27.6. The topological polar surface area (TPSA) is 537 Å². The maximum Gasteiger partial charge on any atom is 0.248 e. The van der Waals surface area contributed by atoms with Crippen LogP contribution < -0.4 is 77.8 Å². The standard InChI is InChI=1S/C88H105Cl2N11O24/c1-37(2)19-55(93-6)81(113)100-72-74(108)43-10-15-59(53(89)27-43)122-61-29-47-30-62(78(61)124-63-31-48(36-102)76(110)77(111)79(63)125-66-35-88(4,91)80(112)38(3)121-66)123-60-16-11-44(28-54(60)90)75(109)73-87(119)99-71(85(117)96-68-45-21-40-20-41(23-45)24-46(68)22-40)52-32-49(103)33-58(105)67(52)51-26-42(9-14-57(51)104)69(83(115)101-73)98-84(116)70(47)97-82(114)56(94-86(72)118)34-65(107)95-64(106)25-39-7-12-50(13-8-39)120-18-17-92-5/h7-16,26-30,32-33,37-38,40-41,45-46,48,55-56,63,66,68-77,79-80,92-93,102-105,108-112H,17-25,31,34-36,91H2,1-6H3,(H,94,118)(H,96,117)(H,97,114)(H,98,116)(H,99,119)(H,100,113)(H,101,115)(H,95,106,107)/t38-,40?,41?,45?,46?,48+,55+,56-,63+,66-,68?,69+,70+,71-,72+,73-,74+,75+,76+,77-,79-,80+,88-/m0/s1. The molecule has 15 bridgehead atoms. The van der Waals surface area contributed by atoms with Crippen molar-refractivity contribution in [1.82, 2.24) is 53.2 Å². The molecule has 21 N–H and O–H groups in total. The van der Waals surface area contributed by atoms with Crippen molar-refractivity contribution in [2.45, 2.75) is 201 Å². The lowest BCUT2D eigenvalue weighted by Gasteiger charge is -2.54. The molecule has 11 aliphatic rings. The van der Waals surface area contributed by atoms with Crippen molar-refractivity contribution in [2.75, 3.05) is 33.9 Å². The second kappa shape index (κ2) is 38.0. The predicted molar refractivity (Wildman–Crippen MR) is 447 cm³/mol. The minimum atomic E-state index is -2.38. The Labute approximate surface area is 728 Å². The number of rotatable bonds is 20. The van der Waals surface area contributed by atoms with Gasteiger partial charge in [0, 0.05) is 54.3 Å². The number of aromatic hydroxyl groups is 3. The number of phenolic OH excluding ortho intramolecular Hbond substituents is 3. The van der Waals surface area contributed by atoms with E-state index >= 15 is 28.8 Å². The SMILES string of the molecule is CNCCOc1ccc(CC(=O)NC(=O)C[C@@H]2NC(=O)[C@H](NC(=O)[C@@H](CC(C)C)NC)[C@H](O)c3ccc(c(Cl)c3)Oc3cc4cc(c3O[C@@H]3C[C@H](CO)[C@@H](O)[C@H](O)[C@H]3O[C@H]3C[C@](C)(N)[C@H](O)[C@H](C)O3)Oc3ccc(cc3Cl)[C@@H](O)[C@@H]3NC(=O)[C@H](NC(=O)[C@@H]4NC2=O)c2ccc(O)c(c2)-c2c(O)cc(O)cc2[C@@H](C(=O)NC2C4CC5CC(C4)CC2C5)NC3=O)cc1. The highest BCUT2D eigenvalue weighted by Crippen LogP contribution is 2.55. The molecular weight excluding hydrogens is 1670 g/mol. The molecule has 9 amide bonds. The molecule has 0 radical (unpaired) electrons. The van der Waals surface area contributed by atoms with E-state index in [1.807, 2.05) is 13.8 Å². The third kappa shape index (κ3) is 19.9. The number of ether oxygens (including phenoxy) is 6. The van der Waals surface area contributed by atoms with Crippen LogP contribution in [0, 0.1) is 35.5 Å². The van der Waals surface area contributed by atoms with E-state index < -0.39 is 222 Å². The molecule has 0 unspecified atom stereocenters. The fourth-order valence-corrected chi connectivity index (χ4v) is 19.2. The average molecular weight is 1770 g/mol. The highest BCUT2D eigenvalue weighted by molar-refractivity contribution is 6.32. The lowest BCUT2D eigenvalue weighted by Crippen LogP contribution is -2.63. The van der Waals surface area contributed by atoms with Crippen LogP contribution in [0.25, 0.3) is 11.1 Å². The number of phenols is 3. The Hall–Kier alpha value is -10.5. The number of fused-ring (bicyclic) bond motifs is 15. The van der Waals surface area contributed by atoms with Crippen LogP contribution in [0.5, 0.6) is 51.7 Å². The lowest BCUT2D eigenvalue weighted by molar-refractivity contribution is -0.286. The highest BCUT2D eigenvalue weighted by atomic mass is 35.5. The van der Waals surface area contributed by atoms with Gasteiger partial charge in [0.1, 0.15) is 108 Å². The number of nitrogens with two attached hydrogens (primary N) is 1. The third-order valence-electron chi connectivity index (χ3n) is 25.0. The van der Waals surface area contributed by atoms with Crippen LogP contribution in [0.2, 0.25) is 10.0 Å². The Morgan fingerprint density at radius 3 is 1.90 bits per heavy atom. The molecule has 670 valence electrons. The number of halogens is 2. The van der Waals surface area contributed by atoms with Crippen molar-refractivity contribution in [3.05, 3.63) is 147 Å². The number of amides is 9. The molecule has 35 nitrogen and oxygen atoms in total. The van der Waals surface area contributed by atoms with Crippen molar-refractivity contribution in [3.63, 3.8) is 0 Å². The van der Waals surface area contributed by atoms with Gasteiger partial charge in [0.05, 0.1) is 47.2 Å². The highest BCUT2D eigenvalue weighted by Gasteiger charge is 2.53. The molecule has 0 spiro atoms. The number of carbonyl (C=O) groups excluding carboxylic acids is 9. The van der Waals surface area contributed by atoms with Gasteiger partial charge in [-0.05, 0) is 203 Å². The molecule has 0 aromatic heterocycles. The summed E-state index contributed by atoms with van der Waals surface area (Å²) in [6.45, 7) is 6.82. The molecule has 18 atom stereocenters. The molecule has 125 heavy (non-hydrogen) atoms. The molecule has 6 aromatic carbocycles. The summed E-state index contributed by atoms with van der Waals surface area (Å²) < 4.78 is 39.1. The van der Waals surface area contributed by atoms with Crippen LogP contribution >= 0.6 is 23.2 Å². The summed E-state index contributed by atoms with van der Waals surface area (Å²) in [5.74, 6) is -14.8. The summed E-state index contributed by atoms with van der Waals surface area (Å²) in [4.78, 5) is 139. The first-order chi connectivity index (χ1) is 59.5. The van der Waals surface area contributed by atoms with Crippen LogP contribution in [-0.4, -0.2) is 212 Å². The first kappa shape index (κ1) is 90.7. The number of aliphatic hydroxyl groups excluding tert-OH is 6. The summed E-state index contributed by atoms with van der Waals surface area (Å²) in [6.07, 6.45) is -12.3. The van der Waals surface area contributed by atoms with Gasteiger partial charge >= 0.3 is 0 Å². The van der Waals surface area contributed by atoms with Gasteiger partial charge in [0.25, 0.3) is 0 Å². The summed E-state index contributed by atoms with van der Waals surface area (Å²) in [6, 6.07) is 6.68. The molecule has 6 aliphatic heterocycles. The molecule has 5 aliphatic carbocycles. The molecule has 1 saturated heterocycles. The van der Waals surface area contributed by atoms with Gasteiger partial charge < -0.3 is 128 Å². The van der Waals surface area contributed by atoms with E-state index in [2.05, 4.69) is 53.2 Å². The largest absolute Gasteiger partial charge is 0.508 e. The Morgan fingerprint density at radius 2 is 1.28 bits per heavy atom. The van der Waals surface area contributed by atoms with Gasteiger partial charge in [-0.1, -0.05) is 67.4 Å². The van der Waals surface area contributed by atoms with Crippen LogP contribution in [-0.2, 0) is 59.0 Å². The van der Waals surface area contributed by atoms with Crippen LogP contribution in [0.15, 0.2) is 103 Å². The van der Waals surface area contributed by atoms with Gasteiger partial charge in [-0.2, -0.15) is 0 Å². The van der Waals surface area contributed by atoms with Crippen molar-refractivity contribution < 1.29 is 118 Å². The van der Waals surface area contributed by atoms with Gasteiger partial charge in [-0.15, -0.1) is 0 Å². The van der Waals surface area contributed by atoms with E-state index in [4.69, 9.17) is 57.4 Å². The number of nitrogens with one attached hydrogen (secondary N) is 10.